The Hall–Kier alpha value is -0.420. The summed E-state index contributed by atoms with van der Waals surface area (Å²) in [4.78, 5) is 0. The lowest BCUT2D eigenvalue weighted by atomic mass is 9.97. The number of rotatable bonds is 4. The molecule has 0 saturated heterocycles. The van der Waals surface area contributed by atoms with Gasteiger partial charge >= 0.3 is 0 Å². The van der Waals surface area contributed by atoms with Crippen LogP contribution in [-0.4, -0.2) is 20.1 Å². The van der Waals surface area contributed by atoms with Crippen LogP contribution in [0.3, 0.4) is 0 Å². The predicted molar refractivity (Wildman–Crippen MR) is 57.7 cm³/mol. The molecule has 4 nitrogen and oxygen atoms in total. The lowest BCUT2D eigenvalue weighted by Crippen LogP contribution is -2.13. The summed E-state index contributed by atoms with van der Waals surface area (Å²) in [5, 5.41) is 17.7. The maximum atomic E-state index is 10.0. The monoisotopic (exact) mass is 261 g/mol. The van der Waals surface area contributed by atoms with Crippen molar-refractivity contribution in [1.29, 1.82) is 0 Å². The van der Waals surface area contributed by atoms with E-state index in [9.17, 15) is 5.11 Å². The first-order chi connectivity index (χ1) is 6.57. The fourth-order valence-corrected chi connectivity index (χ4v) is 2.10. The molecule has 0 spiro atoms. The SMILES string of the molecule is CCCC(C)C(O)c1c(Br)nnn1C. The molecule has 0 fully saturated rings. The Balaban J connectivity index is 2.82. The first-order valence-electron chi connectivity index (χ1n) is 4.81. The van der Waals surface area contributed by atoms with Crippen LogP contribution in [0.25, 0.3) is 0 Å². The zero-order chi connectivity index (χ0) is 10.7. The largest absolute Gasteiger partial charge is 0.386 e. The highest BCUT2D eigenvalue weighted by atomic mass is 79.9. The Morgan fingerprint density at radius 2 is 2.21 bits per heavy atom. The lowest BCUT2D eigenvalue weighted by Gasteiger charge is -2.17. The van der Waals surface area contributed by atoms with Gasteiger partial charge in [-0.25, -0.2) is 4.68 Å². The molecule has 80 valence electrons. The number of aryl methyl sites for hydroxylation is 1. The topological polar surface area (TPSA) is 50.9 Å². The van der Waals surface area contributed by atoms with Gasteiger partial charge in [0.1, 0.15) is 11.8 Å². The van der Waals surface area contributed by atoms with Gasteiger partial charge in [-0.1, -0.05) is 25.5 Å². The number of hydrogen-bond donors (Lipinski definition) is 1. The average Bonchev–Trinajstić information content (AvgIpc) is 2.46. The maximum Gasteiger partial charge on any atom is 0.154 e. The van der Waals surface area contributed by atoms with Gasteiger partial charge in [-0.15, -0.1) is 5.10 Å². The van der Waals surface area contributed by atoms with Crippen molar-refractivity contribution < 1.29 is 5.11 Å². The number of halogens is 1. The highest BCUT2D eigenvalue weighted by Gasteiger charge is 2.22. The Labute approximate surface area is 92.4 Å². The van der Waals surface area contributed by atoms with Gasteiger partial charge < -0.3 is 5.11 Å². The highest BCUT2D eigenvalue weighted by molar-refractivity contribution is 9.10. The third kappa shape index (κ3) is 2.33. The van der Waals surface area contributed by atoms with Crippen molar-refractivity contribution in [2.45, 2.75) is 32.8 Å². The molecule has 0 aliphatic carbocycles. The van der Waals surface area contributed by atoms with Gasteiger partial charge in [-0.2, -0.15) is 0 Å². The minimum Gasteiger partial charge on any atom is -0.386 e. The molecular formula is C9H16BrN3O. The Morgan fingerprint density at radius 1 is 1.57 bits per heavy atom. The maximum absolute atomic E-state index is 10.0. The molecule has 2 atom stereocenters. The molecular weight excluding hydrogens is 246 g/mol. The van der Waals surface area contributed by atoms with Crippen LogP contribution in [0.1, 0.15) is 38.5 Å². The zero-order valence-electron chi connectivity index (χ0n) is 8.74. The minimum absolute atomic E-state index is 0.230. The Bertz CT molecular complexity index is 281. The summed E-state index contributed by atoms with van der Waals surface area (Å²) in [6.07, 6.45) is 1.57. The first kappa shape index (κ1) is 11.7. The standard InChI is InChI=1S/C9H16BrN3O/c1-4-5-6(2)8(14)7-9(10)11-12-13(7)3/h6,8,14H,4-5H2,1-3H3. The Morgan fingerprint density at radius 3 is 2.64 bits per heavy atom. The molecule has 1 rings (SSSR count). The van der Waals surface area contributed by atoms with E-state index in [-0.39, 0.29) is 5.92 Å². The van der Waals surface area contributed by atoms with Crippen molar-refractivity contribution in [2.75, 3.05) is 0 Å². The fraction of sp³-hybridized carbons (Fsp3) is 0.778. The van der Waals surface area contributed by atoms with E-state index >= 15 is 0 Å². The van der Waals surface area contributed by atoms with E-state index in [1.165, 1.54) is 0 Å². The van der Waals surface area contributed by atoms with Gasteiger partial charge in [0.2, 0.25) is 0 Å². The molecule has 1 aromatic heterocycles. The van der Waals surface area contributed by atoms with Crippen molar-refractivity contribution in [1.82, 2.24) is 15.0 Å². The van der Waals surface area contributed by atoms with Crippen LogP contribution in [0.15, 0.2) is 4.60 Å². The molecule has 1 aromatic rings. The smallest absolute Gasteiger partial charge is 0.154 e. The van der Waals surface area contributed by atoms with E-state index in [0.29, 0.717) is 4.60 Å². The number of aliphatic hydroxyl groups excluding tert-OH is 1. The molecule has 0 saturated carbocycles. The normalized spacial score (nSPS) is 15.5. The summed E-state index contributed by atoms with van der Waals surface area (Å²) >= 11 is 3.28. The van der Waals surface area contributed by atoms with Crippen LogP contribution >= 0.6 is 15.9 Å². The van der Waals surface area contributed by atoms with Gasteiger partial charge in [0.05, 0.1) is 0 Å². The molecule has 2 unspecified atom stereocenters. The Kier molecular flexibility index (Phi) is 4.07. The molecule has 1 N–H and O–H groups in total. The van der Waals surface area contributed by atoms with Crippen molar-refractivity contribution in [3.63, 3.8) is 0 Å². The van der Waals surface area contributed by atoms with E-state index in [0.717, 1.165) is 18.5 Å². The van der Waals surface area contributed by atoms with Gasteiger partial charge in [0, 0.05) is 7.05 Å². The molecule has 1 heterocycles. The molecule has 0 radical (unpaired) electrons. The summed E-state index contributed by atoms with van der Waals surface area (Å²) in [6, 6.07) is 0. The average molecular weight is 262 g/mol. The van der Waals surface area contributed by atoms with Crippen LogP contribution < -0.4 is 0 Å². The van der Waals surface area contributed by atoms with Crippen molar-refractivity contribution >= 4 is 15.9 Å². The number of aromatic nitrogens is 3. The second kappa shape index (κ2) is 4.89. The predicted octanol–water partition coefficient (Wildman–Crippen LogP) is 2.05. The first-order valence-corrected chi connectivity index (χ1v) is 5.60. The third-order valence-electron chi connectivity index (χ3n) is 2.39. The van der Waals surface area contributed by atoms with E-state index in [1.54, 1.807) is 11.7 Å². The van der Waals surface area contributed by atoms with Crippen LogP contribution in [0.5, 0.6) is 0 Å². The second-order valence-electron chi connectivity index (χ2n) is 3.60. The lowest BCUT2D eigenvalue weighted by molar-refractivity contribution is 0.103. The highest BCUT2D eigenvalue weighted by Crippen LogP contribution is 2.28. The fourth-order valence-electron chi connectivity index (χ4n) is 1.54. The van der Waals surface area contributed by atoms with E-state index in [1.807, 2.05) is 6.92 Å². The molecule has 0 aliphatic heterocycles. The molecule has 14 heavy (non-hydrogen) atoms. The summed E-state index contributed by atoms with van der Waals surface area (Å²) in [5.41, 5.74) is 0.756. The molecule has 5 heteroatoms. The third-order valence-corrected chi connectivity index (χ3v) is 2.95. The number of aliphatic hydroxyl groups is 1. The van der Waals surface area contributed by atoms with Crippen molar-refractivity contribution in [2.24, 2.45) is 13.0 Å². The zero-order valence-corrected chi connectivity index (χ0v) is 10.3. The van der Waals surface area contributed by atoms with Gasteiger partial charge in [-0.05, 0) is 28.3 Å². The van der Waals surface area contributed by atoms with E-state index < -0.39 is 6.10 Å². The van der Waals surface area contributed by atoms with Gasteiger partial charge in [-0.3, -0.25) is 0 Å². The van der Waals surface area contributed by atoms with Crippen LogP contribution in [-0.2, 0) is 7.05 Å². The van der Waals surface area contributed by atoms with Crippen LogP contribution in [0.2, 0.25) is 0 Å². The summed E-state index contributed by atoms with van der Waals surface area (Å²) in [6.45, 7) is 4.15. The van der Waals surface area contributed by atoms with Gasteiger partial charge in [0.25, 0.3) is 0 Å². The second-order valence-corrected chi connectivity index (χ2v) is 4.35. The van der Waals surface area contributed by atoms with Crippen molar-refractivity contribution in [3.8, 4) is 0 Å². The van der Waals surface area contributed by atoms with Crippen LogP contribution in [0, 0.1) is 5.92 Å². The summed E-state index contributed by atoms with van der Waals surface area (Å²) in [5.74, 6) is 0.230. The van der Waals surface area contributed by atoms with E-state index in [2.05, 4.69) is 33.2 Å². The quantitative estimate of drug-likeness (QED) is 0.903. The summed E-state index contributed by atoms with van der Waals surface area (Å²) in [7, 11) is 1.79. The number of nitrogens with zero attached hydrogens (tertiary/aromatic N) is 3. The summed E-state index contributed by atoms with van der Waals surface area (Å²) < 4.78 is 2.25. The van der Waals surface area contributed by atoms with Crippen LogP contribution in [0.4, 0.5) is 0 Å². The molecule has 0 bridgehead atoms. The number of hydrogen-bond acceptors (Lipinski definition) is 3. The van der Waals surface area contributed by atoms with E-state index in [4.69, 9.17) is 0 Å². The minimum atomic E-state index is -0.496. The molecule has 0 aliphatic rings. The van der Waals surface area contributed by atoms with Crippen molar-refractivity contribution in [3.05, 3.63) is 10.3 Å². The van der Waals surface area contributed by atoms with Gasteiger partial charge in [0.15, 0.2) is 4.60 Å². The molecule has 0 aromatic carbocycles. The molecule has 0 amide bonds.